The van der Waals surface area contributed by atoms with E-state index in [9.17, 15) is 4.79 Å². The van der Waals surface area contributed by atoms with Crippen LogP contribution < -0.4 is 0 Å². The highest BCUT2D eigenvalue weighted by molar-refractivity contribution is 5.69. The molecule has 0 atom stereocenters. The number of rotatable bonds is 1. The molecule has 1 saturated heterocycles. The number of amides is 1. The van der Waals surface area contributed by atoms with E-state index in [0.29, 0.717) is 19.0 Å². The molecule has 0 bridgehead atoms. The van der Waals surface area contributed by atoms with Gasteiger partial charge in [0.2, 0.25) is 0 Å². The van der Waals surface area contributed by atoms with Gasteiger partial charge >= 0.3 is 6.09 Å². The molecule has 100 valence electrons. The number of hydrogen-bond donors (Lipinski definition) is 0. The van der Waals surface area contributed by atoms with Gasteiger partial charge in [-0.25, -0.2) is 4.79 Å². The third-order valence-electron chi connectivity index (χ3n) is 3.08. The Morgan fingerprint density at radius 2 is 1.89 bits per heavy atom. The lowest BCUT2D eigenvalue weighted by Crippen LogP contribution is -2.50. The van der Waals surface area contributed by atoms with Gasteiger partial charge in [0.1, 0.15) is 5.60 Å². The van der Waals surface area contributed by atoms with Crippen LogP contribution in [0.5, 0.6) is 0 Å². The van der Waals surface area contributed by atoms with Crippen LogP contribution >= 0.6 is 0 Å². The van der Waals surface area contributed by atoms with Crippen molar-refractivity contribution in [2.45, 2.75) is 32.3 Å². The van der Waals surface area contributed by atoms with Crippen LogP contribution in [0.15, 0.2) is 24.3 Å². The van der Waals surface area contributed by atoms with Crippen LogP contribution in [0.2, 0.25) is 0 Å². The zero-order valence-electron chi connectivity index (χ0n) is 11.6. The summed E-state index contributed by atoms with van der Waals surface area (Å²) in [5.74, 6) is 2.99. The summed E-state index contributed by atoms with van der Waals surface area (Å²) in [5.41, 5.74) is 1.67. The Balaban J connectivity index is 1.89. The van der Waals surface area contributed by atoms with Crippen molar-refractivity contribution in [1.29, 1.82) is 0 Å². The van der Waals surface area contributed by atoms with Crippen LogP contribution in [-0.4, -0.2) is 29.7 Å². The molecule has 0 unspecified atom stereocenters. The molecule has 1 fully saturated rings. The molecule has 1 aliphatic rings. The lowest BCUT2D eigenvalue weighted by atomic mass is 9.91. The summed E-state index contributed by atoms with van der Waals surface area (Å²) in [7, 11) is 0. The fourth-order valence-electron chi connectivity index (χ4n) is 2.02. The molecule has 1 aromatic rings. The lowest BCUT2D eigenvalue weighted by Gasteiger charge is -2.40. The normalized spacial score (nSPS) is 15.6. The Hall–Kier alpha value is -1.95. The average molecular weight is 257 g/mol. The Kier molecular flexibility index (Phi) is 3.53. The van der Waals surface area contributed by atoms with E-state index in [2.05, 4.69) is 5.92 Å². The number of benzene rings is 1. The Bertz CT molecular complexity index is 499. The van der Waals surface area contributed by atoms with Crippen molar-refractivity contribution in [2.75, 3.05) is 13.1 Å². The maximum absolute atomic E-state index is 11.8. The largest absolute Gasteiger partial charge is 0.444 e. The first-order valence-corrected chi connectivity index (χ1v) is 6.43. The maximum atomic E-state index is 11.8. The summed E-state index contributed by atoms with van der Waals surface area (Å²) in [5, 5.41) is 0. The molecular formula is C16H19NO2. The van der Waals surface area contributed by atoms with E-state index in [4.69, 9.17) is 11.2 Å². The van der Waals surface area contributed by atoms with Crippen LogP contribution in [0.25, 0.3) is 0 Å². The molecule has 1 aliphatic heterocycles. The first-order valence-electron chi connectivity index (χ1n) is 6.43. The summed E-state index contributed by atoms with van der Waals surface area (Å²) in [4.78, 5) is 13.5. The minimum absolute atomic E-state index is 0.232. The number of hydrogen-bond acceptors (Lipinski definition) is 2. The van der Waals surface area contributed by atoms with Crippen LogP contribution in [0, 0.1) is 12.3 Å². The van der Waals surface area contributed by atoms with Gasteiger partial charge in [0.25, 0.3) is 0 Å². The number of terminal acetylenes is 1. The van der Waals surface area contributed by atoms with Gasteiger partial charge in [-0.15, -0.1) is 6.42 Å². The molecule has 0 spiro atoms. The third kappa shape index (κ3) is 3.29. The van der Waals surface area contributed by atoms with E-state index in [-0.39, 0.29) is 6.09 Å². The maximum Gasteiger partial charge on any atom is 0.410 e. The molecule has 0 aliphatic carbocycles. The van der Waals surface area contributed by atoms with Crippen LogP contribution in [0.4, 0.5) is 4.79 Å². The second-order valence-electron chi connectivity index (χ2n) is 5.85. The summed E-state index contributed by atoms with van der Waals surface area (Å²) in [6.07, 6.45) is 5.09. The zero-order valence-corrected chi connectivity index (χ0v) is 11.6. The molecule has 1 aromatic carbocycles. The molecule has 0 saturated carbocycles. The van der Waals surface area contributed by atoms with Gasteiger partial charge in [-0.05, 0) is 38.5 Å². The van der Waals surface area contributed by atoms with E-state index >= 15 is 0 Å². The molecule has 0 N–H and O–H groups in total. The Morgan fingerprint density at radius 3 is 2.37 bits per heavy atom. The SMILES string of the molecule is C#Cc1ccc(C2CN(C(=O)OC(C)(C)C)C2)cc1. The standard InChI is InChI=1S/C16H19NO2/c1-5-12-6-8-13(9-7-12)14-10-17(11-14)15(18)19-16(2,3)4/h1,6-9,14H,10-11H2,2-4H3. The number of carbonyl (C=O) groups excluding carboxylic acids is 1. The highest BCUT2D eigenvalue weighted by Crippen LogP contribution is 2.28. The van der Waals surface area contributed by atoms with Gasteiger partial charge in [-0.1, -0.05) is 18.1 Å². The minimum atomic E-state index is -0.434. The Morgan fingerprint density at radius 1 is 1.32 bits per heavy atom. The van der Waals surface area contributed by atoms with Crippen molar-refractivity contribution in [3.8, 4) is 12.3 Å². The van der Waals surface area contributed by atoms with Gasteiger partial charge < -0.3 is 9.64 Å². The van der Waals surface area contributed by atoms with E-state index in [1.165, 1.54) is 5.56 Å². The highest BCUT2D eigenvalue weighted by atomic mass is 16.6. The van der Waals surface area contributed by atoms with Crippen molar-refractivity contribution in [3.05, 3.63) is 35.4 Å². The predicted molar refractivity (Wildman–Crippen MR) is 74.9 cm³/mol. The summed E-state index contributed by atoms with van der Waals surface area (Å²) < 4.78 is 5.32. The van der Waals surface area contributed by atoms with Gasteiger partial charge in [-0.2, -0.15) is 0 Å². The van der Waals surface area contributed by atoms with E-state index < -0.39 is 5.60 Å². The zero-order chi connectivity index (χ0) is 14.0. The van der Waals surface area contributed by atoms with E-state index in [0.717, 1.165) is 5.56 Å². The van der Waals surface area contributed by atoms with Crippen LogP contribution in [0.3, 0.4) is 0 Å². The van der Waals surface area contributed by atoms with E-state index in [1.54, 1.807) is 4.90 Å². The number of nitrogens with zero attached hydrogens (tertiary/aromatic N) is 1. The first kappa shape index (κ1) is 13.5. The molecular weight excluding hydrogens is 238 g/mol. The number of ether oxygens (including phenoxy) is 1. The fraction of sp³-hybridized carbons (Fsp3) is 0.438. The molecule has 3 nitrogen and oxygen atoms in total. The van der Waals surface area contributed by atoms with Gasteiger partial charge in [0.15, 0.2) is 0 Å². The third-order valence-corrected chi connectivity index (χ3v) is 3.08. The second kappa shape index (κ2) is 4.97. The van der Waals surface area contributed by atoms with Gasteiger partial charge in [-0.3, -0.25) is 0 Å². The Labute approximate surface area is 114 Å². The number of carbonyl (C=O) groups is 1. The van der Waals surface area contributed by atoms with Crippen LogP contribution in [-0.2, 0) is 4.74 Å². The quantitative estimate of drug-likeness (QED) is 0.724. The summed E-state index contributed by atoms with van der Waals surface area (Å²) >= 11 is 0. The highest BCUT2D eigenvalue weighted by Gasteiger charge is 2.34. The van der Waals surface area contributed by atoms with Crippen molar-refractivity contribution in [3.63, 3.8) is 0 Å². The van der Waals surface area contributed by atoms with E-state index in [1.807, 2.05) is 45.0 Å². The van der Waals surface area contributed by atoms with Crippen LogP contribution in [0.1, 0.15) is 37.8 Å². The lowest BCUT2D eigenvalue weighted by molar-refractivity contribution is 0.00820. The summed E-state index contributed by atoms with van der Waals surface area (Å²) in [6, 6.07) is 7.94. The average Bonchev–Trinajstić information content (AvgIpc) is 2.25. The monoisotopic (exact) mass is 257 g/mol. The second-order valence-corrected chi connectivity index (χ2v) is 5.85. The van der Waals surface area contributed by atoms with Crippen molar-refractivity contribution < 1.29 is 9.53 Å². The first-order chi connectivity index (χ1) is 8.89. The molecule has 3 heteroatoms. The molecule has 19 heavy (non-hydrogen) atoms. The van der Waals surface area contributed by atoms with Crippen molar-refractivity contribution in [1.82, 2.24) is 4.90 Å². The summed E-state index contributed by atoms with van der Waals surface area (Å²) in [6.45, 7) is 7.05. The van der Waals surface area contributed by atoms with Gasteiger partial charge in [0, 0.05) is 24.6 Å². The molecule has 0 aromatic heterocycles. The fourth-order valence-corrected chi connectivity index (χ4v) is 2.02. The molecule has 1 amide bonds. The van der Waals surface area contributed by atoms with Crippen molar-refractivity contribution >= 4 is 6.09 Å². The smallest absolute Gasteiger partial charge is 0.410 e. The topological polar surface area (TPSA) is 29.5 Å². The van der Waals surface area contributed by atoms with Gasteiger partial charge in [0.05, 0.1) is 0 Å². The van der Waals surface area contributed by atoms with Crippen molar-refractivity contribution in [2.24, 2.45) is 0 Å². The number of likely N-dealkylation sites (tertiary alicyclic amines) is 1. The molecule has 1 heterocycles. The minimum Gasteiger partial charge on any atom is -0.444 e. The molecule has 2 rings (SSSR count). The predicted octanol–water partition coefficient (Wildman–Crippen LogP) is 3.00. The molecule has 0 radical (unpaired) electrons.